The fourth-order valence-electron chi connectivity index (χ4n) is 4.18. The van der Waals surface area contributed by atoms with Crippen LogP contribution < -0.4 is 0 Å². The summed E-state index contributed by atoms with van der Waals surface area (Å²) < 4.78 is 1.54. The Kier molecular flexibility index (Phi) is 5.37. The number of rotatable bonds is 4. The summed E-state index contributed by atoms with van der Waals surface area (Å²) in [6.07, 6.45) is 8.83. The minimum atomic E-state index is 0.000800. The second-order valence-electron chi connectivity index (χ2n) is 7.85. The molecule has 3 aromatic heterocycles. The van der Waals surface area contributed by atoms with Gasteiger partial charge in [0.2, 0.25) is 0 Å². The lowest BCUT2D eigenvalue weighted by atomic mass is 9.89. The van der Waals surface area contributed by atoms with E-state index in [1.165, 1.54) is 6.33 Å². The van der Waals surface area contributed by atoms with Crippen LogP contribution in [0.1, 0.15) is 40.6 Å². The first kappa shape index (κ1) is 19.9. The first-order valence-corrected chi connectivity index (χ1v) is 10.6. The number of tetrazole rings is 1. The molecule has 1 fully saturated rings. The van der Waals surface area contributed by atoms with E-state index in [1.54, 1.807) is 17.1 Å². The van der Waals surface area contributed by atoms with Gasteiger partial charge in [-0.2, -0.15) is 0 Å². The van der Waals surface area contributed by atoms with Crippen LogP contribution >= 0.6 is 0 Å². The number of amides is 1. The molecule has 1 aliphatic heterocycles. The molecule has 1 aromatic carbocycles. The quantitative estimate of drug-likeness (QED) is 0.494. The summed E-state index contributed by atoms with van der Waals surface area (Å²) in [5.74, 6) is 0.872. The van der Waals surface area contributed by atoms with Gasteiger partial charge in [-0.3, -0.25) is 9.78 Å². The fraction of sp³-hybridized carbons (Fsp3) is 0.261. The van der Waals surface area contributed by atoms with E-state index in [2.05, 4.69) is 25.5 Å². The Bertz CT molecular complexity index is 1230. The molecule has 5 rings (SSSR count). The van der Waals surface area contributed by atoms with Crippen molar-refractivity contribution in [3.05, 3.63) is 78.4 Å². The molecular weight excluding hydrogens is 404 g/mol. The van der Waals surface area contributed by atoms with Crippen molar-refractivity contribution < 1.29 is 4.79 Å². The van der Waals surface area contributed by atoms with Crippen LogP contribution in [0, 0.1) is 6.92 Å². The van der Waals surface area contributed by atoms with E-state index in [1.807, 2.05) is 54.4 Å². The number of aromatic nitrogens is 7. The van der Waals surface area contributed by atoms with Gasteiger partial charge in [-0.1, -0.05) is 6.07 Å². The van der Waals surface area contributed by atoms with Gasteiger partial charge < -0.3 is 4.90 Å². The average Bonchev–Trinajstić information content (AvgIpc) is 3.39. The molecule has 0 saturated carbocycles. The summed E-state index contributed by atoms with van der Waals surface area (Å²) in [6, 6.07) is 11.3. The Morgan fingerprint density at radius 3 is 2.84 bits per heavy atom. The highest BCUT2D eigenvalue weighted by Gasteiger charge is 2.28. The second-order valence-corrected chi connectivity index (χ2v) is 7.85. The molecule has 4 heterocycles. The standard InChI is InChI=1S/C23H22N8O/c1-16-25-13-21(17-7-9-24-10-8-17)22(27-16)19-5-3-11-30(14-19)23(32)18-4-2-6-20(12-18)31-15-26-28-29-31/h2,4,6-10,12-13,15,19H,3,5,11,14H2,1H3/t19-/m1/s1. The Morgan fingerprint density at radius 2 is 2.03 bits per heavy atom. The van der Waals surface area contributed by atoms with E-state index in [0.717, 1.165) is 47.7 Å². The van der Waals surface area contributed by atoms with Crippen LogP contribution in [-0.4, -0.2) is 59.1 Å². The fourth-order valence-corrected chi connectivity index (χ4v) is 4.18. The number of hydrogen-bond acceptors (Lipinski definition) is 7. The van der Waals surface area contributed by atoms with Gasteiger partial charge in [-0.05, 0) is 66.1 Å². The summed E-state index contributed by atoms with van der Waals surface area (Å²) in [4.78, 5) is 28.6. The van der Waals surface area contributed by atoms with Gasteiger partial charge in [0.25, 0.3) is 5.91 Å². The predicted octanol–water partition coefficient (Wildman–Crippen LogP) is 2.84. The van der Waals surface area contributed by atoms with Crippen molar-refractivity contribution in [2.24, 2.45) is 0 Å². The number of carbonyl (C=O) groups is 1. The van der Waals surface area contributed by atoms with Crippen LogP contribution in [0.15, 0.2) is 61.3 Å². The molecule has 0 radical (unpaired) electrons. The van der Waals surface area contributed by atoms with Crippen LogP contribution in [0.2, 0.25) is 0 Å². The monoisotopic (exact) mass is 426 g/mol. The van der Waals surface area contributed by atoms with Gasteiger partial charge in [0.05, 0.1) is 11.4 Å². The summed E-state index contributed by atoms with van der Waals surface area (Å²) in [5.41, 5.74) is 4.39. The maximum absolute atomic E-state index is 13.3. The third kappa shape index (κ3) is 3.96. The van der Waals surface area contributed by atoms with Crippen LogP contribution in [0.25, 0.3) is 16.8 Å². The molecule has 4 aromatic rings. The lowest BCUT2D eigenvalue weighted by molar-refractivity contribution is 0.0706. The topological polar surface area (TPSA) is 103 Å². The molecule has 160 valence electrons. The number of hydrogen-bond donors (Lipinski definition) is 0. The summed E-state index contributed by atoms with van der Waals surface area (Å²) in [6.45, 7) is 3.23. The zero-order valence-electron chi connectivity index (χ0n) is 17.7. The number of aryl methyl sites for hydroxylation is 1. The van der Waals surface area contributed by atoms with Gasteiger partial charge >= 0.3 is 0 Å². The SMILES string of the molecule is Cc1ncc(-c2ccncc2)c([C@@H]2CCCN(C(=O)c3cccc(-n4cnnn4)c3)C2)n1. The average molecular weight is 426 g/mol. The maximum atomic E-state index is 13.3. The summed E-state index contributed by atoms with van der Waals surface area (Å²) >= 11 is 0. The van der Waals surface area contributed by atoms with Gasteiger partial charge in [-0.15, -0.1) is 5.10 Å². The van der Waals surface area contributed by atoms with Crippen LogP contribution in [0.5, 0.6) is 0 Å². The van der Waals surface area contributed by atoms with Crippen LogP contribution in [0.3, 0.4) is 0 Å². The van der Waals surface area contributed by atoms with Crippen molar-refractivity contribution in [1.82, 2.24) is 40.1 Å². The molecule has 0 spiro atoms. The molecule has 1 atom stereocenters. The highest BCUT2D eigenvalue weighted by Crippen LogP contribution is 2.33. The lowest BCUT2D eigenvalue weighted by Gasteiger charge is -2.33. The number of likely N-dealkylation sites (tertiary alicyclic amines) is 1. The van der Waals surface area contributed by atoms with E-state index in [4.69, 9.17) is 4.98 Å². The third-order valence-electron chi connectivity index (χ3n) is 5.73. The second kappa shape index (κ2) is 8.62. The minimum absolute atomic E-state index is 0.000800. The first-order chi connectivity index (χ1) is 15.7. The van der Waals surface area contributed by atoms with E-state index in [-0.39, 0.29) is 11.8 Å². The van der Waals surface area contributed by atoms with Crippen molar-refractivity contribution in [2.45, 2.75) is 25.7 Å². The lowest BCUT2D eigenvalue weighted by Crippen LogP contribution is -2.39. The zero-order chi connectivity index (χ0) is 21.9. The van der Waals surface area contributed by atoms with Crippen LogP contribution in [0.4, 0.5) is 0 Å². The maximum Gasteiger partial charge on any atom is 0.253 e. The largest absolute Gasteiger partial charge is 0.338 e. The van der Waals surface area contributed by atoms with Gasteiger partial charge in [-0.25, -0.2) is 14.6 Å². The number of carbonyl (C=O) groups excluding carboxylic acids is 1. The molecule has 0 bridgehead atoms. The molecular formula is C23H22N8O. The van der Waals surface area contributed by atoms with Gasteiger partial charge in [0, 0.05) is 48.7 Å². The number of pyridine rings is 1. The molecule has 1 amide bonds. The van der Waals surface area contributed by atoms with E-state index in [9.17, 15) is 4.79 Å². The van der Waals surface area contributed by atoms with Crippen molar-refractivity contribution in [3.63, 3.8) is 0 Å². The smallest absolute Gasteiger partial charge is 0.253 e. The van der Waals surface area contributed by atoms with Crippen molar-refractivity contribution >= 4 is 5.91 Å². The van der Waals surface area contributed by atoms with Gasteiger partial charge in [0.1, 0.15) is 12.2 Å². The first-order valence-electron chi connectivity index (χ1n) is 10.6. The summed E-state index contributed by atoms with van der Waals surface area (Å²) in [7, 11) is 0. The Balaban J connectivity index is 1.42. The zero-order valence-corrected chi connectivity index (χ0v) is 17.7. The van der Waals surface area contributed by atoms with Crippen molar-refractivity contribution in [1.29, 1.82) is 0 Å². The van der Waals surface area contributed by atoms with Crippen molar-refractivity contribution in [2.75, 3.05) is 13.1 Å². The molecule has 9 heteroatoms. The third-order valence-corrected chi connectivity index (χ3v) is 5.73. The highest BCUT2D eigenvalue weighted by molar-refractivity contribution is 5.95. The highest BCUT2D eigenvalue weighted by atomic mass is 16.2. The molecule has 9 nitrogen and oxygen atoms in total. The molecule has 0 N–H and O–H groups in total. The molecule has 0 unspecified atom stereocenters. The van der Waals surface area contributed by atoms with Crippen molar-refractivity contribution in [3.8, 4) is 16.8 Å². The number of piperidine rings is 1. The van der Waals surface area contributed by atoms with E-state index < -0.39 is 0 Å². The van der Waals surface area contributed by atoms with E-state index in [0.29, 0.717) is 12.1 Å². The molecule has 1 aliphatic rings. The Morgan fingerprint density at radius 1 is 1.16 bits per heavy atom. The predicted molar refractivity (Wildman–Crippen MR) is 117 cm³/mol. The molecule has 0 aliphatic carbocycles. The van der Waals surface area contributed by atoms with Crippen LogP contribution in [-0.2, 0) is 0 Å². The Hall–Kier alpha value is -4.01. The van der Waals surface area contributed by atoms with Gasteiger partial charge in [0.15, 0.2) is 0 Å². The van der Waals surface area contributed by atoms with E-state index >= 15 is 0 Å². The minimum Gasteiger partial charge on any atom is -0.338 e. The normalized spacial score (nSPS) is 16.2. The molecule has 32 heavy (non-hydrogen) atoms. The summed E-state index contributed by atoms with van der Waals surface area (Å²) in [5, 5.41) is 11.2. The number of benzene rings is 1. The Labute approximate surface area is 185 Å². The molecule has 1 saturated heterocycles. The number of nitrogens with zero attached hydrogens (tertiary/aromatic N) is 8.